The zero-order valence-electron chi connectivity index (χ0n) is 21.3. The van der Waals surface area contributed by atoms with Gasteiger partial charge in [0.2, 0.25) is 6.41 Å². The number of aromatic nitrogens is 1. The summed E-state index contributed by atoms with van der Waals surface area (Å²) in [5.41, 5.74) is 1.93. The summed E-state index contributed by atoms with van der Waals surface area (Å²) in [6.45, 7) is 8.81. The van der Waals surface area contributed by atoms with Crippen molar-refractivity contribution in [2.24, 2.45) is 0 Å². The van der Waals surface area contributed by atoms with Gasteiger partial charge in [-0.15, -0.1) is 0 Å². The lowest BCUT2D eigenvalue weighted by atomic mass is 10.1. The largest absolute Gasteiger partial charge is 0.416 e. The quantitative estimate of drug-likeness (QED) is 0.302. The highest BCUT2D eigenvalue weighted by Gasteiger charge is 2.30. The van der Waals surface area contributed by atoms with Gasteiger partial charge < -0.3 is 10.6 Å². The molecule has 0 spiro atoms. The minimum absolute atomic E-state index is 0.238. The number of nitrogens with zero attached hydrogens (tertiary/aromatic N) is 1. The fraction of sp³-hybridized carbons (Fsp3) is 0.321. The molecule has 2 aromatic carbocycles. The van der Waals surface area contributed by atoms with Crippen LogP contribution in [0.1, 0.15) is 54.9 Å². The fourth-order valence-corrected chi connectivity index (χ4v) is 2.58. The number of alkyl halides is 3. The average molecular weight is 504 g/mol. The molecule has 36 heavy (non-hydrogen) atoms. The molecule has 0 saturated carbocycles. The van der Waals surface area contributed by atoms with Crippen LogP contribution in [0.2, 0.25) is 0 Å². The highest BCUT2D eigenvalue weighted by atomic mass is 19.4. The molecular weight excluding hydrogens is 467 g/mol. The maximum atomic E-state index is 12.1. The summed E-state index contributed by atoms with van der Waals surface area (Å²) < 4.78 is 36.3. The second-order valence-corrected chi connectivity index (χ2v) is 6.93. The van der Waals surface area contributed by atoms with Crippen LogP contribution in [0.5, 0.6) is 0 Å². The molecule has 0 aliphatic rings. The van der Waals surface area contributed by atoms with Gasteiger partial charge in [-0.3, -0.25) is 14.6 Å². The Morgan fingerprint density at radius 1 is 0.861 bits per heavy atom. The lowest BCUT2D eigenvalue weighted by molar-refractivity contribution is -0.137. The van der Waals surface area contributed by atoms with Crippen LogP contribution in [0.4, 0.5) is 13.2 Å². The number of carbonyl (C=O) groups excluding carboxylic acids is 2. The number of carbonyl (C=O) groups is 2. The van der Waals surface area contributed by atoms with Gasteiger partial charge in [-0.1, -0.05) is 82.3 Å². The van der Waals surface area contributed by atoms with Crippen LogP contribution in [0.15, 0.2) is 79.0 Å². The number of aryl methyl sites for hydroxylation is 2. The van der Waals surface area contributed by atoms with Crippen molar-refractivity contribution >= 4 is 12.3 Å². The van der Waals surface area contributed by atoms with Crippen LogP contribution in [0.3, 0.4) is 0 Å². The van der Waals surface area contributed by atoms with E-state index < -0.39 is 11.7 Å². The lowest BCUT2D eigenvalue weighted by Crippen LogP contribution is -2.31. The number of halogens is 3. The first-order valence-electron chi connectivity index (χ1n) is 11.9. The minimum atomic E-state index is -4.22. The molecular formula is C28H36F3N3O2. The highest BCUT2D eigenvalue weighted by molar-refractivity contribution is 5.92. The van der Waals surface area contributed by atoms with Crippen LogP contribution >= 0.6 is 0 Å². The Kier molecular flexibility index (Phi) is 17.6. The van der Waals surface area contributed by atoms with E-state index in [1.807, 2.05) is 26.8 Å². The summed E-state index contributed by atoms with van der Waals surface area (Å²) in [7, 11) is 0. The van der Waals surface area contributed by atoms with Crippen molar-refractivity contribution in [1.29, 1.82) is 0 Å². The van der Waals surface area contributed by atoms with Crippen LogP contribution in [0.25, 0.3) is 0 Å². The van der Waals surface area contributed by atoms with Gasteiger partial charge in [0.05, 0.1) is 5.56 Å². The van der Waals surface area contributed by atoms with Crippen LogP contribution < -0.4 is 10.6 Å². The third-order valence-electron chi connectivity index (χ3n) is 4.45. The molecule has 3 rings (SSSR count). The molecule has 1 aromatic heterocycles. The second kappa shape index (κ2) is 19.6. The molecule has 5 nitrogen and oxygen atoms in total. The summed E-state index contributed by atoms with van der Waals surface area (Å²) >= 11 is 0. The summed E-state index contributed by atoms with van der Waals surface area (Å²) in [5, 5.41) is 5.05. The predicted octanol–water partition coefficient (Wildman–Crippen LogP) is 6.10. The van der Waals surface area contributed by atoms with Crippen molar-refractivity contribution in [3.8, 4) is 0 Å². The van der Waals surface area contributed by atoms with Crippen molar-refractivity contribution in [1.82, 2.24) is 15.6 Å². The van der Waals surface area contributed by atoms with Crippen LogP contribution in [-0.2, 0) is 23.8 Å². The first-order valence-corrected chi connectivity index (χ1v) is 11.9. The van der Waals surface area contributed by atoms with Gasteiger partial charge in [-0.2, -0.15) is 13.2 Å². The zero-order valence-corrected chi connectivity index (χ0v) is 21.3. The van der Waals surface area contributed by atoms with Crippen molar-refractivity contribution in [2.45, 2.75) is 46.7 Å². The first kappa shape index (κ1) is 32.3. The molecule has 0 radical (unpaired) electrons. The zero-order chi connectivity index (χ0) is 27.2. The third kappa shape index (κ3) is 14.6. The van der Waals surface area contributed by atoms with E-state index >= 15 is 0 Å². The second-order valence-electron chi connectivity index (χ2n) is 6.93. The molecule has 1 heterocycles. The van der Waals surface area contributed by atoms with Crippen LogP contribution in [0, 0.1) is 0 Å². The van der Waals surface area contributed by atoms with Gasteiger partial charge in [0, 0.05) is 19.3 Å². The van der Waals surface area contributed by atoms with E-state index in [1.54, 1.807) is 30.5 Å². The molecule has 0 aliphatic heterocycles. The van der Waals surface area contributed by atoms with E-state index in [1.165, 1.54) is 17.7 Å². The number of hydrogen-bond donors (Lipinski definition) is 2. The van der Waals surface area contributed by atoms with Crippen molar-refractivity contribution in [3.05, 3.63) is 101 Å². The summed E-state index contributed by atoms with van der Waals surface area (Å²) in [6.07, 6.45) is -0.304. The fourth-order valence-electron chi connectivity index (χ4n) is 2.58. The Balaban J connectivity index is 0.000000508. The molecule has 2 amide bonds. The maximum Gasteiger partial charge on any atom is 0.416 e. The molecule has 196 valence electrons. The molecule has 8 heteroatoms. The summed E-state index contributed by atoms with van der Waals surface area (Å²) in [4.78, 5) is 25.1. The molecule has 0 unspecified atom stereocenters. The summed E-state index contributed by atoms with van der Waals surface area (Å²) in [5.74, 6) is -0.238. The van der Waals surface area contributed by atoms with Gasteiger partial charge in [0.25, 0.3) is 5.91 Å². The molecule has 3 aromatic rings. The topological polar surface area (TPSA) is 71.1 Å². The molecule has 2 N–H and O–H groups in total. The number of pyridine rings is 1. The normalized spacial score (nSPS) is 9.64. The standard InChI is InChI=1S/C9H9F3.C9H11N3O2.C8H10.C2H6/c1-2-7-4-3-5-8(6-7)9(10,11)12;13-7-10-5-6-12-9(14)8-3-1-2-4-11-8;1-2-8-6-4-3-5-7-8;1-2/h3-6H,2H2,1H3;1-4,7H,5-6H2,(H,10,13)(H,12,14);3-7H,2H2,1H3;1-2H3. The van der Waals surface area contributed by atoms with E-state index in [0.29, 0.717) is 37.2 Å². The number of rotatable bonds is 7. The van der Waals surface area contributed by atoms with Crippen LogP contribution in [-0.4, -0.2) is 30.4 Å². The maximum absolute atomic E-state index is 12.1. The number of nitrogens with one attached hydrogen (secondary N) is 2. The Morgan fingerprint density at radius 2 is 1.47 bits per heavy atom. The van der Waals surface area contributed by atoms with Crippen molar-refractivity contribution in [2.75, 3.05) is 13.1 Å². The van der Waals surface area contributed by atoms with Gasteiger partial charge in [0.1, 0.15) is 5.69 Å². The third-order valence-corrected chi connectivity index (χ3v) is 4.45. The smallest absolute Gasteiger partial charge is 0.357 e. The Labute approximate surface area is 212 Å². The number of amides is 2. The Hall–Kier alpha value is -3.68. The molecule has 0 atom stereocenters. The molecule has 0 saturated heterocycles. The van der Waals surface area contributed by atoms with Crippen molar-refractivity contribution < 1.29 is 22.8 Å². The predicted molar refractivity (Wildman–Crippen MR) is 139 cm³/mol. The Bertz CT molecular complexity index is 967. The monoisotopic (exact) mass is 503 g/mol. The minimum Gasteiger partial charge on any atom is -0.357 e. The molecule has 0 aliphatic carbocycles. The van der Waals surface area contributed by atoms with Gasteiger partial charge in [-0.25, -0.2) is 0 Å². The first-order chi connectivity index (χ1) is 17.3. The Morgan fingerprint density at radius 3 is 1.97 bits per heavy atom. The molecule has 0 fully saturated rings. The number of hydrogen-bond acceptors (Lipinski definition) is 3. The molecule has 0 bridgehead atoms. The summed E-state index contributed by atoms with van der Waals surface area (Å²) in [6, 6.07) is 21.0. The van der Waals surface area contributed by atoms with E-state index in [-0.39, 0.29) is 5.91 Å². The number of benzene rings is 2. The average Bonchev–Trinajstić information content (AvgIpc) is 2.93. The van der Waals surface area contributed by atoms with E-state index in [0.717, 1.165) is 12.5 Å². The van der Waals surface area contributed by atoms with E-state index in [2.05, 4.69) is 46.8 Å². The van der Waals surface area contributed by atoms with Crippen molar-refractivity contribution in [3.63, 3.8) is 0 Å². The van der Waals surface area contributed by atoms with Gasteiger partial charge in [-0.05, 0) is 42.2 Å². The van der Waals surface area contributed by atoms with Gasteiger partial charge in [0.15, 0.2) is 0 Å². The SMILES string of the molecule is CC.CCc1cccc(C(F)(F)F)c1.CCc1ccccc1.O=CNCCNC(=O)c1ccccn1. The van der Waals surface area contributed by atoms with E-state index in [4.69, 9.17) is 0 Å². The van der Waals surface area contributed by atoms with Gasteiger partial charge >= 0.3 is 6.18 Å². The highest BCUT2D eigenvalue weighted by Crippen LogP contribution is 2.29. The lowest BCUT2D eigenvalue weighted by Gasteiger charge is -2.06. The van der Waals surface area contributed by atoms with E-state index in [9.17, 15) is 22.8 Å².